The van der Waals surface area contributed by atoms with Gasteiger partial charge in [0.25, 0.3) is 0 Å². The van der Waals surface area contributed by atoms with Crippen LogP contribution < -0.4 is 31.8 Å². The van der Waals surface area contributed by atoms with Crippen LogP contribution in [0.5, 0.6) is 0 Å². The molecule has 0 aromatic heterocycles. The molecule has 2 atom stereocenters. The van der Waals surface area contributed by atoms with Gasteiger partial charge in [-0.2, -0.15) is 0 Å². The summed E-state index contributed by atoms with van der Waals surface area (Å²) >= 11 is 7.58. The van der Waals surface area contributed by atoms with Crippen molar-refractivity contribution in [2.24, 2.45) is 0 Å². The van der Waals surface area contributed by atoms with Gasteiger partial charge in [-0.05, 0) is 121 Å². The molecule has 0 fully saturated rings. The number of ketones is 1. The van der Waals surface area contributed by atoms with Crippen LogP contribution in [0.2, 0.25) is 0 Å². The van der Waals surface area contributed by atoms with E-state index in [9.17, 15) is 0 Å². The molecule has 0 aliphatic heterocycles. The summed E-state index contributed by atoms with van der Waals surface area (Å²) in [6.45, 7) is 13.2. The average molecular weight is 1020 g/mol. The largest absolute Gasteiger partial charge is 0.298 e. The van der Waals surface area contributed by atoms with Gasteiger partial charge in [0.15, 0.2) is 0 Å². The Morgan fingerprint density at radius 3 is 0.879 bits per heavy atom. The molecule has 324 valence electrons. The predicted octanol–water partition coefficient (Wildman–Crippen LogP) is 14.4. The van der Waals surface area contributed by atoms with Crippen molar-refractivity contribution in [3.8, 4) is 0 Å². The highest BCUT2D eigenvalue weighted by atomic mass is 79.9. The van der Waals surface area contributed by atoms with Crippen molar-refractivity contribution in [1.29, 1.82) is 0 Å². The first-order valence-electron chi connectivity index (χ1n) is 22.2. The molecular formula is C61H52Br2OP2+2. The molecular weight excluding hydrogens is 970 g/mol. The summed E-state index contributed by atoms with van der Waals surface area (Å²) in [6.07, 6.45) is 0.816. The lowest BCUT2D eigenvalue weighted by molar-refractivity contribution is -0.121. The van der Waals surface area contributed by atoms with Crippen LogP contribution >= 0.6 is 46.4 Å². The summed E-state index contributed by atoms with van der Waals surface area (Å²) in [6, 6.07) is 77.5. The maximum Gasteiger partial charge on any atom is 0.148 e. The van der Waals surface area contributed by atoms with Crippen molar-refractivity contribution in [3.05, 3.63) is 285 Å². The van der Waals surface area contributed by atoms with E-state index in [0.717, 1.165) is 41.8 Å². The Morgan fingerprint density at radius 1 is 0.424 bits per heavy atom. The van der Waals surface area contributed by atoms with E-state index in [-0.39, 0.29) is 5.78 Å². The molecule has 8 aromatic rings. The van der Waals surface area contributed by atoms with Crippen LogP contribution in [0.4, 0.5) is 0 Å². The highest BCUT2D eigenvalue weighted by Crippen LogP contribution is 2.66. The minimum Gasteiger partial charge on any atom is -0.298 e. The fourth-order valence-corrected chi connectivity index (χ4v) is 18.8. The zero-order valence-electron chi connectivity index (χ0n) is 37.3. The van der Waals surface area contributed by atoms with Crippen LogP contribution in [0.25, 0.3) is 0 Å². The Hall–Kier alpha value is -5.71. The lowest BCUT2D eigenvalue weighted by Crippen LogP contribution is -2.34. The summed E-state index contributed by atoms with van der Waals surface area (Å²) in [7, 11) is -5.28. The van der Waals surface area contributed by atoms with Gasteiger partial charge < -0.3 is 0 Å². The van der Waals surface area contributed by atoms with E-state index < -0.39 is 26.4 Å². The van der Waals surface area contributed by atoms with Gasteiger partial charge in [0.2, 0.25) is 0 Å². The molecule has 8 aromatic carbocycles. The fraction of sp³-hybridized carbons (Fsp3) is 0.0984. The van der Waals surface area contributed by atoms with E-state index in [1.165, 1.54) is 31.8 Å². The molecule has 0 aliphatic carbocycles. The van der Waals surface area contributed by atoms with Crippen LogP contribution in [0, 0.1) is 13.8 Å². The predicted molar refractivity (Wildman–Crippen MR) is 293 cm³/mol. The zero-order chi connectivity index (χ0) is 46.1. The lowest BCUT2D eigenvalue weighted by atomic mass is 9.79. The molecule has 66 heavy (non-hydrogen) atoms. The maximum absolute atomic E-state index is 16.7. The number of hydrogen-bond donors (Lipinski definition) is 0. The number of halogens is 2. The standard InChI is InChI=1S/C61H52Br2OP2/c1-5-49(65(51-25-13-7-14-26-51,52-27-15-8-16-28-52)53-29-17-9-18-30-53)43-57(47-37-39-59(62)45(3)41-47)61(64)58(48-38-40-60(63)46(4)42-48)44-50(6-2)66(54-31-19-10-20-32-54,55-33-21-11-22-34-55)56-35-23-12-24-36-56/h7-42,57-58H,1-2,43-44H2,3-4H3/q+2. The topological polar surface area (TPSA) is 17.1 Å². The molecule has 2 unspecified atom stereocenters. The van der Waals surface area contributed by atoms with E-state index >= 15 is 4.79 Å². The monoisotopic (exact) mass is 1020 g/mol. The number of allylic oxidation sites excluding steroid dienone is 2. The fourth-order valence-electron chi connectivity index (χ4n) is 9.56. The quantitative estimate of drug-likeness (QED) is 0.0696. The van der Waals surface area contributed by atoms with Crippen LogP contribution in [0.15, 0.2) is 263 Å². The first-order valence-corrected chi connectivity index (χ1v) is 27.4. The Morgan fingerprint density at radius 2 is 0.667 bits per heavy atom. The molecule has 0 heterocycles. The normalized spacial score (nSPS) is 12.3. The minimum atomic E-state index is -2.64. The molecule has 0 spiro atoms. The molecule has 0 radical (unpaired) electrons. The second-order valence-electron chi connectivity index (χ2n) is 16.5. The number of carbonyl (C=O) groups is 1. The third kappa shape index (κ3) is 9.19. The van der Waals surface area contributed by atoms with Gasteiger partial charge in [0, 0.05) is 21.8 Å². The second kappa shape index (κ2) is 21.3. The summed E-state index contributed by atoms with van der Waals surface area (Å²) in [5, 5.41) is 9.17. The summed E-state index contributed by atoms with van der Waals surface area (Å²) in [4.78, 5) is 16.7. The molecule has 1 nitrogen and oxygen atoms in total. The Labute approximate surface area is 409 Å². The van der Waals surface area contributed by atoms with Crippen molar-refractivity contribution in [1.82, 2.24) is 0 Å². The minimum absolute atomic E-state index is 0.124. The molecule has 8 rings (SSSR count). The molecule has 0 amide bonds. The van der Waals surface area contributed by atoms with Crippen molar-refractivity contribution in [2.45, 2.75) is 38.5 Å². The van der Waals surface area contributed by atoms with Gasteiger partial charge in [0.05, 0.1) is 11.8 Å². The lowest BCUT2D eigenvalue weighted by Gasteiger charge is -2.32. The third-order valence-corrected chi connectivity index (χ3v) is 23.2. The molecule has 0 saturated heterocycles. The SMILES string of the molecule is C=C=C(CC(C(=O)C(CC(=C=C)[P+](c1ccccc1)(c1ccccc1)c1ccccc1)c1ccc(Br)c(C)c1)c1ccc(Br)c(C)c1)[P+](c1ccccc1)(c1ccccc1)c1ccccc1. The molecule has 5 heteroatoms. The third-order valence-electron chi connectivity index (χ3n) is 12.7. The first-order chi connectivity index (χ1) is 32.2. The van der Waals surface area contributed by atoms with Crippen LogP contribution in [-0.2, 0) is 4.79 Å². The van der Waals surface area contributed by atoms with Gasteiger partial charge in [-0.25, -0.2) is 0 Å². The van der Waals surface area contributed by atoms with E-state index in [2.05, 4.69) is 289 Å². The van der Waals surface area contributed by atoms with Gasteiger partial charge in [0.1, 0.15) is 62.8 Å². The van der Waals surface area contributed by atoms with E-state index in [1.54, 1.807) is 0 Å². The number of carbonyl (C=O) groups excluding carboxylic acids is 1. The van der Waals surface area contributed by atoms with Gasteiger partial charge in [-0.3, -0.25) is 4.79 Å². The smallest absolute Gasteiger partial charge is 0.148 e. The van der Waals surface area contributed by atoms with E-state index in [4.69, 9.17) is 0 Å². The van der Waals surface area contributed by atoms with Crippen LogP contribution in [0.1, 0.15) is 46.9 Å². The van der Waals surface area contributed by atoms with Crippen molar-refractivity contribution in [3.63, 3.8) is 0 Å². The van der Waals surface area contributed by atoms with Crippen molar-refractivity contribution in [2.75, 3.05) is 0 Å². The second-order valence-corrected chi connectivity index (χ2v) is 25.1. The van der Waals surface area contributed by atoms with Crippen molar-refractivity contribution >= 4 is 84.0 Å². The molecule has 0 bridgehead atoms. The highest BCUT2D eigenvalue weighted by molar-refractivity contribution is 9.10. The average Bonchev–Trinajstić information content (AvgIpc) is 3.37. The molecule has 0 aliphatic rings. The highest BCUT2D eigenvalue weighted by Gasteiger charge is 2.53. The van der Waals surface area contributed by atoms with E-state index in [0.29, 0.717) is 12.8 Å². The van der Waals surface area contributed by atoms with Gasteiger partial charge in [-0.1, -0.05) is 190 Å². The number of Topliss-reactive ketones (excluding diaryl/α,β-unsaturated/α-hetero) is 1. The van der Waals surface area contributed by atoms with Crippen molar-refractivity contribution < 1.29 is 4.79 Å². The molecule has 0 saturated carbocycles. The molecule has 0 N–H and O–H groups in total. The maximum atomic E-state index is 16.7. The van der Waals surface area contributed by atoms with Gasteiger partial charge in [-0.15, -0.1) is 0 Å². The summed E-state index contributed by atoms with van der Waals surface area (Å²) in [5.74, 6) is -1.03. The number of hydrogen-bond acceptors (Lipinski definition) is 1. The Balaban J connectivity index is 1.38. The van der Waals surface area contributed by atoms with Crippen LogP contribution in [-0.4, -0.2) is 5.78 Å². The zero-order valence-corrected chi connectivity index (χ0v) is 42.3. The van der Waals surface area contributed by atoms with Crippen LogP contribution in [0.3, 0.4) is 0 Å². The first kappa shape index (κ1) is 46.8. The summed E-state index contributed by atoms with van der Waals surface area (Å²) < 4.78 is 1.99. The van der Waals surface area contributed by atoms with E-state index in [1.807, 2.05) is 0 Å². The van der Waals surface area contributed by atoms with Gasteiger partial charge >= 0.3 is 0 Å². The Bertz CT molecular complexity index is 2630. The number of rotatable bonds is 16. The Kier molecular flexibility index (Phi) is 15.1. The number of benzene rings is 8. The number of aryl methyl sites for hydroxylation is 2. The summed E-state index contributed by atoms with van der Waals surface area (Å²) in [5.41, 5.74) is 11.2.